The number of aliphatic hydroxyl groups is 3. The molecule has 2 unspecified atom stereocenters. The van der Waals surface area contributed by atoms with Crippen LogP contribution in [0.4, 0.5) is 0 Å². The fourth-order valence-corrected chi connectivity index (χ4v) is 2.15. The van der Waals surface area contributed by atoms with Gasteiger partial charge < -0.3 is 25.5 Å². The molecule has 0 heterocycles. The fraction of sp³-hybridized carbons (Fsp3) is 0.133. The number of rotatable bonds is 3. The first-order valence-corrected chi connectivity index (χ1v) is 6.04. The molecule has 6 nitrogen and oxygen atoms in total. The molecule has 1 aromatic rings. The van der Waals surface area contributed by atoms with E-state index in [-0.39, 0.29) is 11.1 Å². The first-order chi connectivity index (χ1) is 9.82. The average Bonchev–Trinajstić information content (AvgIpc) is 2.47. The number of carbonyl (C=O) groups is 1. The number of benzene rings is 1. The summed E-state index contributed by atoms with van der Waals surface area (Å²) < 4.78 is 0. The number of para-hydroxylation sites is 1. The van der Waals surface area contributed by atoms with E-state index < -0.39 is 34.7 Å². The van der Waals surface area contributed by atoms with Gasteiger partial charge in [-0.2, -0.15) is 0 Å². The van der Waals surface area contributed by atoms with E-state index in [0.29, 0.717) is 0 Å². The van der Waals surface area contributed by atoms with Crippen LogP contribution < -0.4 is 0 Å². The van der Waals surface area contributed by atoms with Gasteiger partial charge in [0.15, 0.2) is 17.3 Å². The van der Waals surface area contributed by atoms with Crippen molar-refractivity contribution in [3.05, 3.63) is 59.9 Å². The molecule has 0 radical (unpaired) electrons. The first kappa shape index (κ1) is 14.8. The minimum atomic E-state index is -2.18. The van der Waals surface area contributed by atoms with Crippen LogP contribution in [0.25, 0.3) is 0 Å². The average molecular weight is 290 g/mol. The second kappa shape index (κ2) is 5.08. The first-order valence-electron chi connectivity index (χ1n) is 6.04. The Hall–Kier alpha value is -2.57. The van der Waals surface area contributed by atoms with E-state index in [0.717, 1.165) is 18.2 Å². The number of allylic oxidation sites excluding steroid dienone is 3. The van der Waals surface area contributed by atoms with Crippen molar-refractivity contribution in [2.75, 3.05) is 0 Å². The van der Waals surface area contributed by atoms with Crippen molar-refractivity contribution in [1.29, 1.82) is 0 Å². The van der Waals surface area contributed by atoms with E-state index >= 15 is 0 Å². The lowest BCUT2D eigenvalue weighted by atomic mass is 9.80. The van der Waals surface area contributed by atoms with Crippen LogP contribution >= 0.6 is 0 Å². The zero-order valence-electron chi connectivity index (χ0n) is 10.9. The second-order valence-electron chi connectivity index (χ2n) is 4.60. The minimum absolute atomic E-state index is 0.206. The molecule has 2 atom stereocenters. The van der Waals surface area contributed by atoms with E-state index in [1.807, 2.05) is 0 Å². The van der Waals surface area contributed by atoms with Crippen LogP contribution in [0.1, 0.15) is 5.56 Å². The van der Waals surface area contributed by atoms with Crippen molar-refractivity contribution < 1.29 is 30.3 Å². The highest BCUT2D eigenvalue weighted by atomic mass is 16.4. The van der Waals surface area contributed by atoms with Gasteiger partial charge in [-0.3, -0.25) is 4.79 Å². The van der Waals surface area contributed by atoms with Crippen LogP contribution in [0, 0.1) is 0 Å². The van der Waals surface area contributed by atoms with Crippen molar-refractivity contribution in [2.45, 2.75) is 11.7 Å². The summed E-state index contributed by atoms with van der Waals surface area (Å²) in [5.74, 6) is -2.48. The van der Waals surface area contributed by atoms with E-state index in [1.54, 1.807) is 0 Å². The number of aromatic hydroxyl groups is 2. The molecule has 110 valence electrons. The summed E-state index contributed by atoms with van der Waals surface area (Å²) in [4.78, 5) is 11.5. The predicted molar refractivity (Wildman–Crippen MR) is 73.7 cm³/mol. The lowest BCUT2D eigenvalue weighted by Crippen LogP contribution is -2.42. The Kier molecular flexibility index (Phi) is 3.59. The summed E-state index contributed by atoms with van der Waals surface area (Å²) in [5.41, 5.74) is -2.59. The molecule has 0 spiro atoms. The van der Waals surface area contributed by atoms with Gasteiger partial charge >= 0.3 is 0 Å². The van der Waals surface area contributed by atoms with Gasteiger partial charge in [0.05, 0.1) is 5.57 Å². The number of phenolic OH excluding ortho intramolecular Hbond substituents is 2. The summed E-state index contributed by atoms with van der Waals surface area (Å²) in [5, 5.41) is 49.8. The Morgan fingerprint density at radius 3 is 2.57 bits per heavy atom. The largest absolute Gasteiger partial charge is 0.509 e. The molecular weight excluding hydrogens is 276 g/mol. The number of ketones is 1. The highest BCUT2D eigenvalue weighted by Crippen LogP contribution is 2.42. The van der Waals surface area contributed by atoms with E-state index in [4.69, 9.17) is 0 Å². The zero-order chi connectivity index (χ0) is 15.8. The lowest BCUT2D eigenvalue weighted by molar-refractivity contribution is -0.111. The molecule has 6 heteroatoms. The van der Waals surface area contributed by atoms with E-state index in [9.17, 15) is 30.3 Å². The molecule has 0 aliphatic heterocycles. The van der Waals surface area contributed by atoms with Crippen LogP contribution in [-0.4, -0.2) is 37.4 Å². The van der Waals surface area contributed by atoms with Gasteiger partial charge in [-0.1, -0.05) is 18.7 Å². The molecule has 0 aromatic heterocycles. The molecule has 2 rings (SSSR count). The third kappa shape index (κ3) is 2.20. The van der Waals surface area contributed by atoms with Crippen LogP contribution in [0.2, 0.25) is 0 Å². The van der Waals surface area contributed by atoms with Crippen molar-refractivity contribution in [1.82, 2.24) is 0 Å². The topological polar surface area (TPSA) is 118 Å². The Morgan fingerprint density at radius 1 is 1.29 bits per heavy atom. The maximum Gasteiger partial charge on any atom is 0.188 e. The van der Waals surface area contributed by atoms with Crippen molar-refractivity contribution >= 4 is 5.78 Å². The zero-order valence-corrected chi connectivity index (χ0v) is 10.9. The Balaban J connectivity index is 2.55. The Labute approximate surface area is 120 Å². The van der Waals surface area contributed by atoms with Gasteiger partial charge in [0.1, 0.15) is 17.5 Å². The normalized spacial score (nSPS) is 25.0. The number of hydrogen-bond acceptors (Lipinski definition) is 6. The second-order valence-corrected chi connectivity index (χ2v) is 4.60. The molecule has 0 bridgehead atoms. The van der Waals surface area contributed by atoms with Crippen LogP contribution in [0.5, 0.6) is 11.5 Å². The molecule has 1 aromatic carbocycles. The predicted octanol–water partition coefficient (Wildman–Crippen LogP) is 0.783. The molecule has 1 aliphatic rings. The number of phenols is 2. The van der Waals surface area contributed by atoms with E-state index in [2.05, 4.69) is 6.58 Å². The van der Waals surface area contributed by atoms with Crippen LogP contribution in [0.3, 0.4) is 0 Å². The van der Waals surface area contributed by atoms with Gasteiger partial charge in [-0.15, -0.1) is 0 Å². The highest BCUT2D eigenvalue weighted by molar-refractivity contribution is 6.06. The monoisotopic (exact) mass is 290 g/mol. The summed E-state index contributed by atoms with van der Waals surface area (Å²) in [6.07, 6.45) is 1.26. The van der Waals surface area contributed by atoms with Gasteiger partial charge in [0, 0.05) is 5.56 Å². The number of carbonyl (C=O) groups excluding carboxylic acids is 1. The number of hydrogen-bond donors (Lipinski definition) is 5. The molecule has 0 amide bonds. The summed E-state index contributed by atoms with van der Waals surface area (Å²) in [6.45, 7) is 3.27. The van der Waals surface area contributed by atoms with Gasteiger partial charge in [-0.25, -0.2) is 0 Å². The number of aliphatic hydroxyl groups excluding tert-OH is 2. The smallest absolute Gasteiger partial charge is 0.188 e. The SMILES string of the molecule is C=CC(=O)C1=C(O)C(O)C(O)(c2cccc(O)c2O)C=C1. The molecule has 0 saturated heterocycles. The summed E-state index contributed by atoms with van der Waals surface area (Å²) in [6, 6.07) is 3.83. The molecule has 21 heavy (non-hydrogen) atoms. The molecule has 1 aliphatic carbocycles. The minimum Gasteiger partial charge on any atom is -0.509 e. The fourth-order valence-electron chi connectivity index (χ4n) is 2.15. The maximum absolute atomic E-state index is 11.5. The standard InChI is InChI=1S/C15H14O6/c1-2-10(16)8-6-7-15(21,14(20)12(8)18)9-4-3-5-11(17)13(9)19/h2-7,14,17-21H,1H2. The summed E-state index contributed by atoms with van der Waals surface area (Å²) >= 11 is 0. The summed E-state index contributed by atoms with van der Waals surface area (Å²) in [7, 11) is 0. The highest BCUT2D eigenvalue weighted by Gasteiger charge is 2.43. The third-order valence-corrected chi connectivity index (χ3v) is 3.35. The van der Waals surface area contributed by atoms with Crippen LogP contribution in [-0.2, 0) is 10.4 Å². The maximum atomic E-state index is 11.5. The molecule has 5 N–H and O–H groups in total. The Bertz CT molecular complexity index is 673. The quantitative estimate of drug-likeness (QED) is 0.415. The van der Waals surface area contributed by atoms with Crippen molar-refractivity contribution in [3.8, 4) is 11.5 Å². The molecule has 0 fully saturated rings. The van der Waals surface area contributed by atoms with E-state index in [1.165, 1.54) is 18.2 Å². The van der Waals surface area contributed by atoms with Gasteiger partial charge in [0.25, 0.3) is 0 Å². The molecular formula is C15H14O6. The Morgan fingerprint density at radius 2 is 1.95 bits per heavy atom. The molecule has 0 saturated carbocycles. The van der Waals surface area contributed by atoms with Gasteiger partial charge in [-0.05, 0) is 24.3 Å². The van der Waals surface area contributed by atoms with Crippen molar-refractivity contribution in [3.63, 3.8) is 0 Å². The van der Waals surface area contributed by atoms with Crippen molar-refractivity contribution in [2.24, 2.45) is 0 Å². The third-order valence-electron chi connectivity index (χ3n) is 3.35. The van der Waals surface area contributed by atoms with Gasteiger partial charge in [0.2, 0.25) is 0 Å². The van der Waals surface area contributed by atoms with Crippen LogP contribution in [0.15, 0.2) is 54.3 Å². The lowest BCUT2D eigenvalue weighted by Gasteiger charge is -2.33.